The van der Waals surface area contributed by atoms with E-state index in [4.69, 9.17) is 5.73 Å². The first-order valence-electron chi connectivity index (χ1n) is 5.91. The Morgan fingerprint density at radius 1 is 0.947 bits per heavy atom. The Morgan fingerprint density at radius 2 is 1.63 bits per heavy atom. The van der Waals surface area contributed by atoms with E-state index < -0.39 is 0 Å². The lowest BCUT2D eigenvalue weighted by atomic mass is 10.2. The van der Waals surface area contributed by atoms with Crippen LogP contribution in [0, 0.1) is 0 Å². The molecule has 3 nitrogen and oxygen atoms in total. The first-order valence-corrected chi connectivity index (χ1v) is 6.70. The van der Waals surface area contributed by atoms with Crippen LogP contribution in [0.25, 0.3) is 16.9 Å². The van der Waals surface area contributed by atoms with Crippen molar-refractivity contribution < 1.29 is 0 Å². The zero-order valence-corrected chi connectivity index (χ0v) is 11.7. The van der Waals surface area contributed by atoms with Crippen LogP contribution in [0.15, 0.2) is 65.1 Å². The molecule has 1 aromatic heterocycles. The molecule has 1 heterocycles. The highest BCUT2D eigenvalue weighted by Crippen LogP contribution is 2.23. The minimum Gasteiger partial charge on any atom is -0.384 e. The third-order valence-corrected chi connectivity index (χ3v) is 3.41. The molecule has 0 aliphatic carbocycles. The van der Waals surface area contributed by atoms with Gasteiger partial charge in [0.05, 0.1) is 11.4 Å². The summed E-state index contributed by atoms with van der Waals surface area (Å²) in [5.41, 5.74) is 8.92. The number of benzene rings is 2. The number of hydrogen-bond donors (Lipinski definition) is 1. The van der Waals surface area contributed by atoms with Gasteiger partial charge in [0.15, 0.2) is 0 Å². The van der Waals surface area contributed by atoms with Crippen molar-refractivity contribution in [2.45, 2.75) is 0 Å². The maximum atomic E-state index is 6.04. The average molecular weight is 314 g/mol. The fourth-order valence-electron chi connectivity index (χ4n) is 1.93. The van der Waals surface area contributed by atoms with Gasteiger partial charge in [0, 0.05) is 16.1 Å². The van der Waals surface area contributed by atoms with Gasteiger partial charge >= 0.3 is 0 Å². The quantitative estimate of drug-likeness (QED) is 0.780. The van der Waals surface area contributed by atoms with Gasteiger partial charge in [0.25, 0.3) is 0 Å². The molecular formula is C15H12BrN3. The highest BCUT2D eigenvalue weighted by atomic mass is 79.9. The van der Waals surface area contributed by atoms with Gasteiger partial charge in [0.2, 0.25) is 0 Å². The van der Waals surface area contributed by atoms with Gasteiger partial charge in [-0.1, -0.05) is 46.3 Å². The van der Waals surface area contributed by atoms with Gasteiger partial charge in [-0.2, -0.15) is 5.10 Å². The molecule has 0 atom stereocenters. The average Bonchev–Trinajstić information content (AvgIpc) is 2.83. The Bertz CT molecular complexity index is 687. The second-order valence-corrected chi connectivity index (χ2v) is 5.12. The van der Waals surface area contributed by atoms with Crippen molar-refractivity contribution in [1.82, 2.24) is 9.78 Å². The lowest BCUT2D eigenvalue weighted by Crippen LogP contribution is -2.01. The predicted molar refractivity (Wildman–Crippen MR) is 81.1 cm³/mol. The van der Waals surface area contributed by atoms with Crippen molar-refractivity contribution in [1.29, 1.82) is 0 Å². The van der Waals surface area contributed by atoms with Crippen molar-refractivity contribution in [3.05, 3.63) is 65.1 Å². The van der Waals surface area contributed by atoms with Crippen LogP contribution in [-0.2, 0) is 0 Å². The molecule has 0 spiro atoms. The van der Waals surface area contributed by atoms with Crippen LogP contribution in [0.5, 0.6) is 0 Å². The van der Waals surface area contributed by atoms with Crippen molar-refractivity contribution in [2.24, 2.45) is 0 Å². The summed E-state index contributed by atoms with van der Waals surface area (Å²) in [5, 5.41) is 4.56. The lowest BCUT2D eigenvalue weighted by Gasteiger charge is -2.03. The predicted octanol–water partition coefficient (Wildman–Crippen LogP) is 3.88. The molecule has 0 fully saturated rings. The summed E-state index contributed by atoms with van der Waals surface area (Å²) in [7, 11) is 0. The summed E-state index contributed by atoms with van der Waals surface area (Å²) in [6, 6.07) is 19.8. The Balaban J connectivity index is 2.05. The molecule has 0 aliphatic rings. The summed E-state index contributed by atoms with van der Waals surface area (Å²) in [5.74, 6) is 0.626. The number of nitrogens with zero attached hydrogens (tertiary/aromatic N) is 2. The van der Waals surface area contributed by atoms with E-state index in [1.165, 1.54) is 0 Å². The highest BCUT2D eigenvalue weighted by molar-refractivity contribution is 9.10. The number of nitrogen functional groups attached to an aromatic ring is 1. The molecule has 0 aliphatic heterocycles. The Morgan fingerprint density at radius 3 is 2.32 bits per heavy atom. The number of hydrogen-bond acceptors (Lipinski definition) is 2. The third kappa shape index (κ3) is 2.39. The third-order valence-electron chi connectivity index (χ3n) is 2.88. The Kier molecular flexibility index (Phi) is 3.09. The monoisotopic (exact) mass is 313 g/mol. The molecular weight excluding hydrogens is 302 g/mol. The summed E-state index contributed by atoms with van der Waals surface area (Å²) in [6.07, 6.45) is 0. The number of rotatable bonds is 2. The molecule has 0 amide bonds. The van der Waals surface area contributed by atoms with E-state index >= 15 is 0 Å². The highest BCUT2D eigenvalue weighted by Gasteiger charge is 2.08. The summed E-state index contributed by atoms with van der Waals surface area (Å²) in [6.45, 7) is 0. The second-order valence-electron chi connectivity index (χ2n) is 4.21. The molecule has 0 saturated carbocycles. The molecule has 0 unspecified atom stereocenters. The van der Waals surface area contributed by atoms with Crippen molar-refractivity contribution >= 4 is 21.7 Å². The first-order chi connectivity index (χ1) is 9.24. The van der Waals surface area contributed by atoms with Crippen LogP contribution in [0.2, 0.25) is 0 Å². The molecule has 2 aromatic carbocycles. The molecule has 19 heavy (non-hydrogen) atoms. The van der Waals surface area contributed by atoms with E-state index in [0.717, 1.165) is 21.4 Å². The van der Waals surface area contributed by atoms with E-state index in [1.54, 1.807) is 4.68 Å². The van der Waals surface area contributed by atoms with Crippen LogP contribution in [0.3, 0.4) is 0 Å². The van der Waals surface area contributed by atoms with Crippen molar-refractivity contribution in [3.8, 4) is 16.9 Å². The maximum absolute atomic E-state index is 6.04. The fraction of sp³-hybridized carbons (Fsp3) is 0. The van der Waals surface area contributed by atoms with E-state index in [9.17, 15) is 0 Å². The van der Waals surface area contributed by atoms with Crippen molar-refractivity contribution in [3.63, 3.8) is 0 Å². The van der Waals surface area contributed by atoms with Crippen molar-refractivity contribution in [2.75, 3.05) is 5.73 Å². The van der Waals surface area contributed by atoms with Gasteiger partial charge in [-0.3, -0.25) is 0 Å². The fourth-order valence-corrected chi connectivity index (χ4v) is 2.20. The standard InChI is InChI=1S/C15H12BrN3/c16-12-6-8-13(9-7-12)19-15(17)10-14(18-19)11-4-2-1-3-5-11/h1-10H,17H2. The lowest BCUT2D eigenvalue weighted by molar-refractivity contribution is 0.895. The molecule has 0 bridgehead atoms. The van der Waals surface area contributed by atoms with E-state index in [1.807, 2.05) is 60.7 Å². The topological polar surface area (TPSA) is 43.8 Å². The van der Waals surface area contributed by atoms with Crippen LogP contribution in [0.4, 0.5) is 5.82 Å². The van der Waals surface area contributed by atoms with Gasteiger partial charge in [-0.25, -0.2) is 4.68 Å². The molecule has 0 saturated heterocycles. The van der Waals surface area contributed by atoms with E-state index in [2.05, 4.69) is 21.0 Å². The molecule has 94 valence electrons. The van der Waals surface area contributed by atoms with Gasteiger partial charge in [-0.15, -0.1) is 0 Å². The minimum atomic E-state index is 0.626. The van der Waals surface area contributed by atoms with Crippen LogP contribution >= 0.6 is 15.9 Å². The Hall–Kier alpha value is -2.07. The number of nitrogens with two attached hydrogens (primary N) is 1. The number of aromatic nitrogens is 2. The maximum Gasteiger partial charge on any atom is 0.127 e. The van der Waals surface area contributed by atoms with Gasteiger partial charge < -0.3 is 5.73 Å². The number of anilines is 1. The van der Waals surface area contributed by atoms with Crippen LogP contribution in [-0.4, -0.2) is 9.78 Å². The van der Waals surface area contributed by atoms with Crippen LogP contribution in [0.1, 0.15) is 0 Å². The summed E-state index contributed by atoms with van der Waals surface area (Å²) >= 11 is 3.42. The zero-order chi connectivity index (χ0) is 13.2. The normalized spacial score (nSPS) is 10.6. The summed E-state index contributed by atoms with van der Waals surface area (Å²) < 4.78 is 2.78. The minimum absolute atomic E-state index is 0.626. The summed E-state index contributed by atoms with van der Waals surface area (Å²) in [4.78, 5) is 0. The number of halogens is 1. The molecule has 0 radical (unpaired) electrons. The van der Waals surface area contributed by atoms with E-state index in [-0.39, 0.29) is 0 Å². The van der Waals surface area contributed by atoms with Crippen LogP contribution < -0.4 is 5.73 Å². The van der Waals surface area contributed by atoms with E-state index in [0.29, 0.717) is 5.82 Å². The second kappa shape index (κ2) is 4.90. The molecule has 3 rings (SSSR count). The molecule has 3 aromatic rings. The zero-order valence-electron chi connectivity index (χ0n) is 10.1. The van der Waals surface area contributed by atoms with Gasteiger partial charge in [-0.05, 0) is 24.3 Å². The largest absolute Gasteiger partial charge is 0.384 e. The SMILES string of the molecule is Nc1cc(-c2ccccc2)nn1-c1ccc(Br)cc1. The Labute approximate surface area is 119 Å². The smallest absolute Gasteiger partial charge is 0.127 e. The molecule has 2 N–H and O–H groups in total. The first kappa shape index (κ1) is 12.0. The molecule has 4 heteroatoms. The van der Waals surface area contributed by atoms with Gasteiger partial charge in [0.1, 0.15) is 5.82 Å².